The predicted molar refractivity (Wildman–Crippen MR) is 62.6 cm³/mol. The molecule has 1 aromatic rings. The molecule has 0 bridgehead atoms. The lowest BCUT2D eigenvalue weighted by Crippen LogP contribution is -2.45. The van der Waals surface area contributed by atoms with Crippen molar-refractivity contribution in [1.29, 1.82) is 0 Å². The highest BCUT2D eigenvalue weighted by Gasteiger charge is 2.44. The number of hydroxylamine groups is 2. The van der Waals surface area contributed by atoms with Crippen LogP contribution in [-0.4, -0.2) is 44.2 Å². The molecule has 0 aromatic carbocycles. The van der Waals surface area contributed by atoms with Gasteiger partial charge in [-0.25, -0.2) is 9.48 Å². The maximum atomic E-state index is 12.3. The summed E-state index contributed by atoms with van der Waals surface area (Å²) in [7, 11) is 0. The van der Waals surface area contributed by atoms with Crippen molar-refractivity contribution < 1.29 is 32.3 Å². The Bertz CT molecular complexity index is 586. The van der Waals surface area contributed by atoms with Crippen LogP contribution in [0.3, 0.4) is 0 Å². The van der Waals surface area contributed by atoms with Gasteiger partial charge in [0, 0.05) is 6.92 Å². The molecule has 0 spiro atoms. The summed E-state index contributed by atoms with van der Waals surface area (Å²) in [4.78, 5) is 26.1. The smallest absolute Gasteiger partial charge is 0.459 e. The summed E-state index contributed by atoms with van der Waals surface area (Å²) in [5.74, 6) is -2.81. The van der Waals surface area contributed by atoms with Crippen LogP contribution in [0.1, 0.15) is 25.2 Å². The summed E-state index contributed by atoms with van der Waals surface area (Å²) < 4.78 is 43.1. The fourth-order valence-corrected chi connectivity index (χ4v) is 1.90. The highest BCUT2D eigenvalue weighted by molar-refractivity contribution is 5.75. The van der Waals surface area contributed by atoms with Crippen molar-refractivity contribution in [3.05, 3.63) is 11.4 Å². The average Bonchev–Trinajstić information content (AvgIpc) is 2.77. The van der Waals surface area contributed by atoms with Gasteiger partial charge in [0.1, 0.15) is 12.3 Å². The van der Waals surface area contributed by atoms with Crippen molar-refractivity contribution in [2.45, 2.75) is 45.8 Å². The highest BCUT2D eigenvalue weighted by Crippen LogP contribution is 2.23. The Morgan fingerprint density at radius 3 is 2.68 bits per heavy atom. The Morgan fingerprint density at radius 1 is 1.41 bits per heavy atom. The Labute approximate surface area is 122 Å². The fourth-order valence-electron chi connectivity index (χ4n) is 1.90. The van der Waals surface area contributed by atoms with Gasteiger partial charge in [0.25, 0.3) is 0 Å². The maximum absolute atomic E-state index is 12.3. The van der Waals surface area contributed by atoms with E-state index >= 15 is 0 Å². The number of aromatic nitrogens is 3. The van der Waals surface area contributed by atoms with Crippen molar-refractivity contribution >= 4 is 11.9 Å². The highest BCUT2D eigenvalue weighted by atomic mass is 19.4. The molecule has 1 aliphatic heterocycles. The van der Waals surface area contributed by atoms with Crippen LogP contribution < -0.4 is 0 Å². The van der Waals surface area contributed by atoms with Gasteiger partial charge < -0.3 is 9.57 Å². The van der Waals surface area contributed by atoms with Gasteiger partial charge in [-0.2, -0.15) is 13.2 Å². The van der Waals surface area contributed by atoms with E-state index in [-0.39, 0.29) is 19.7 Å². The van der Waals surface area contributed by atoms with E-state index in [1.165, 1.54) is 11.6 Å². The number of hydrogen-bond donors (Lipinski definition) is 0. The van der Waals surface area contributed by atoms with Crippen LogP contribution in [0.5, 0.6) is 0 Å². The number of carbonyl (C=O) groups is 2. The molecule has 8 nitrogen and oxygen atoms in total. The van der Waals surface area contributed by atoms with E-state index in [9.17, 15) is 22.8 Å². The normalized spacial score (nSPS) is 18.7. The third kappa shape index (κ3) is 3.53. The number of fused-ring (bicyclic) bond motifs is 1. The van der Waals surface area contributed by atoms with E-state index < -0.39 is 24.2 Å². The number of hydrogen-bond acceptors (Lipinski definition) is 7. The second-order valence-electron chi connectivity index (χ2n) is 4.75. The van der Waals surface area contributed by atoms with Gasteiger partial charge in [0.15, 0.2) is 0 Å². The fraction of sp³-hybridized carbons (Fsp3) is 0.636. The van der Waals surface area contributed by atoms with Gasteiger partial charge in [0.2, 0.25) is 0 Å². The van der Waals surface area contributed by atoms with E-state index in [2.05, 4.69) is 15.1 Å². The Morgan fingerprint density at radius 2 is 2.09 bits per heavy atom. The van der Waals surface area contributed by atoms with Crippen molar-refractivity contribution in [3.63, 3.8) is 0 Å². The number of ether oxygens (including phenoxy) is 1. The molecule has 0 radical (unpaired) electrons. The zero-order valence-corrected chi connectivity index (χ0v) is 11.8. The van der Waals surface area contributed by atoms with Gasteiger partial charge in [-0.15, -0.1) is 10.2 Å². The first-order valence-corrected chi connectivity index (χ1v) is 6.29. The van der Waals surface area contributed by atoms with Crippen LogP contribution in [-0.2, 0) is 38.9 Å². The van der Waals surface area contributed by atoms with E-state index in [0.29, 0.717) is 11.4 Å². The van der Waals surface area contributed by atoms with Crippen LogP contribution in [0.2, 0.25) is 0 Å². The number of esters is 1. The Balaban J connectivity index is 2.11. The lowest BCUT2D eigenvalue weighted by molar-refractivity contribution is -0.251. The van der Waals surface area contributed by atoms with Crippen molar-refractivity contribution in [3.8, 4) is 0 Å². The summed E-state index contributed by atoms with van der Waals surface area (Å²) in [6.07, 6.45) is -5.07. The first-order valence-electron chi connectivity index (χ1n) is 6.29. The topological polar surface area (TPSA) is 86.6 Å². The summed E-state index contributed by atoms with van der Waals surface area (Å²) in [6.45, 7) is 2.70. The first kappa shape index (κ1) is 16.2. The Kier molecular flexibility index (Phi) is 4.35. The summed E-state index contributed by atoms with van der Waals surface area (Å²) in [5, 5.41) is 8.55. The van der Waals surface area contributed by atoms with E-state index in [1.54, 1.807) is 6.92 Å². The summed E-state index contributed by atoms with van der Waals surface area (Å²) in [5.41, 5.74) is 0.726. The molecule has 2 rings (SSSR count). The molecular weight excluding hydrogens is 309 g/mol. The minimum absolute atomic E-state index is 0.132. The van der Waals surface area contributed by atoms with Crippen LogP contribution in [0, 0.1) is 0 Å². The predicted octanol–water partition coefficient (Wildman–Crippen LogP) is 0.566. The molecule has 1 atom stereocenters. The van der Waals surface area contributed by atoms with E-state index in [0.717, 1.165) is 5.06 Å². The lowest BCUT2D eigenvalue weighted by atomic mass is 10.2. The van der Waals surface area contributed by atoms with Crippen LogP contribution in [0.25, 0.3) is 0 Å². The van der Waals surface area contributed by atoms with Crippen molar-refractivity contribution in [1.82, 2.24) is 20.1 Å². The summed E-state index contributed by atoms with van der Waals surface area (Å²) in [6, 6.07) is -0.512. The zero-order chi connectivity index (χ0) is 16.5. The number of carbonyl (C=O) groups excluding carboxylic acids is 2. The van der Waals surface area contributed by atoms with Gasteiger partial charge in [-0.05, 0) is 6.92 Å². The SMILES string of the molecule is CC(=O)OCc1nnn2c1CN(OC(=O)C(F)(F)F)[C@@H](C)C2. The molecule has 1 aliphatic rings. The third-order valence-electron chi connectivity index (χ3n) is 3.00. The van der Waals surface area contributed by atoms with Crippen molar-refractivity contribution in [2.24, 2.45) is 0 Å². The maximum Gasteiger partial charge on any atom is 0.492 e. The molecule has 0 saturated carbocycles. The average molecular weight is 322 g/mol. The molecular formula is C11H13F3N4O4. The molecule has 0 unspecified atom stereocenters. The second kappa shape index (κ2) is 5.91. The molecule has 22 heavy (non-hydrogen) atoms. The molecule has 122 valence electrons. The Hall–Kier alpha value is -2.17. The van der Waals surface area contributed by atoms with Crippen molar-refractivity contribution in [2.75, 3.05) is 0 Å². The van der Waals surface area contributed by atoms with Gasteiger partial charge in [-0.3, -0.25) is 4.79 Å². The quantitative estimate of drug-likeness (QED) is 0.752. The molecule has 0 amide bonds. The number of rotatable bonds is 3. The minimum Gasteiger partial charge on any atom is -0.459 e. The molecule has 11 heteroatoms. The molecule has 1 aromatic heterocycles. The van der Waals surface area contributed by atoms with Gasteiger partial charge in [0.05, 0.1) is 24.8 Å². The van der Waals surface area contributed by atoms with E-state index in [1.807, 2.05) is 0 Å². The minimum atomic E-state index is -5.07. The number of halogens is 3. The zero-order valence-electron chi connectivity index (χ0n) is 11.8. The first-order chi connectivity index (χ1) is 10.2. The largest absolute Gasteiger partial charge is 0.492 e. The third-order valence-corrected chi connectivity index (χ3v) is 3.00. The lowest BCUT2D eigenvalue weighted by Gasteiger charge is -2.31. The second-order valence-corrected chi connectivity index (χ2v) is 4.75. The van der Waals surface area contributed by atoms with Crippen LogP contribution in [0.15, 0.2) is 0 Å². The molecule has 0 aliphatic carbocycles. The summed E-state index contributed by atoms with van der Waals surface area (Å²) >= 11 is 0. The van der Waals surface area contributed by atoms with Gasteiger partial charge in [-0.1, -0.05) is 5.21 Å². The standard InChI is InChI=1S/C11H13F3N4O4/c1-6-3-17-9(8(15-16-17)5-21-7(2)19)4-18(6)22-10(20)11(12,13)14/h6H,3-5H2,1-2H3/t6-/m0/s1. The molecule has 2 heterocycles. The van der Waals surface area contributed by atoms with Crippen LogP contribution in [0.4, 0.5) is 13.2 Å². The molecule has 0 N–H and O–H groups in total. The molecule has 0 fully saturated rings. The number of nitrogens with zero attached hydrogens (tertiary/aromatic N) is 4. The molecule has 0 saturated heterocycles. The number of alkyl halides is 3. The monoisotopic (exact) mass is 322 g/mol. The van der Waals surface area contributed by atoms with Gasteiger partial charge >= 0.3 is 18.1 Å². The van der Waals surface area contributed by atoms with Crippen LogP contribution >= 0.6 is 0 Å². The van der Waals surface area contributed by atoms with E-state index in [4.69, 9.17) is 4.74 Å².